The Morgan fingerprint density at radius 2 is 1.83 bits per heavy atom. The molecule has 0 saturated heterocycles. The number of benzene rings is 2. The molecule has 0 saturated carbocycles. The number of nitrogens with zero attached hydrogens (tertiary/aromatic N) is 4. The average Bonchev–Trinajstić information content (AvgIpc) is 3.43. The van der Waals surface area contributed by atoms with Crippen molar-refractivity contribution < 1.29 is 45.2 Å². The SMILES string of the molecule is N#Cc1ccc(C(NS(=O)(=O)c2nnc(-c3ccc(OCC[n+]4ccccc4)cc3)s2)P(=O)([O-])O)cc1C(F)(F)F. The lowest BCUT2D eigenvalue weighted by Crippen LogP contribution is -2.35. The van der Waals surface area contributed by atoms with Gasteiger partial charge in [0, 0.05) is 17.7 Å². The quantitative estimate of drug-likeness (QED) is 0.199. The second-order valence-corrected chi connectivity index (χ2v) is 12.9. The van der Waals surface area contributed by atoms with Gasteiger partial charge in [0.15, 0.2) is 26.5 Å². The molecule has 214 valence electrons. The van der Waals surface area contributed by atoms with E-state index in [4.69, 9.17) is 10.00 Å². The molecule has 0 aliphatic rings. The van der Waals surface area contributed by atoms with Gasteiger partial charge in [-0.2, -0.15) is 23.2 Å². The first-order valence-electron chi connectivity index (χ1n) is 11.5. The Balaban J connectivity index is 1.51. The molecule has 41 heavy (non-hydrogen) atoms. The van der Waals surface area contributed by atoms with Crippen LogP contribution in [0.3, 0.4) is 0 Å². The summed E-state index contributed by atoms with van der Waals surface area (Å²) in [5, 5.41) is 16.5. The summed E-state index contributed by atoms with van der Waals surface area (Å²) in [6, 6.07) is 15.2. The fourth-order valence-corrected chi connectivity index (χ4v) is 7.13. The van der Waals surface area contributed by atoms with Gasteiger partial charge in [-0.25, -0.2) is 13.0 Å². The zero-order valence-corrected chi connectivity index (χ0v) is 23.1. The Hall–Kier alpha value is -3.71. The van der Waals surface area contributed by atoms with Crippen LogP contribution in [0.15, 0.2) is 77.4 Å². The Morgan fingerprint density at radius 1 is 1.15 bits per heavy atom. The van der Waals surface area contributed by atoms with E-state index in [1.165, 1.54) is 6.07 Å². The molecule has 4 rings (SSSR count). The zero-order valence-electron chi connectivity index (χ0n) is 20.6. The molecular weight excluding hydrogens is 606 g/mol. The molecule has 0 aliphatic heterocycles. The number of ether oxygens (including phenoxy) is 1. The third-order valence-corrected chi connectivity index (χ3v) is 9.53. The summed E-state index contributed by atoms with van der Waals surface area (Å²) >= 11 is 0.562. The van der Waals surface area contributed by atoms with Crippen LogP contribution >= 0.6 is 18.9 Å². The highest BCUT2D eigenvalue weighted by molar-refractivity contribution is 7.91. The maximum atomic E-state index is 13.4. The molecule has 0 aliphatic carbocycles. The van der Waals surface area contributed by atoms with Crippen molar-refractivity contribution in [1.82, 2.24) is 14.9 Å². The zero-order chi connectivity index (χ0) is 29.8. The summed E-state index contributed by atoms with van der Waals surface area (Å²) in [5.74, 6) is -1.96. The molecule has 2 atom stereocenters. The molecule has 11 nitrogen and oxygen atoms in total. The Bertz CT molecular complexity index is 1720. The number of hydrogen-bond acceptors (Lipinski definition) is 9. The van der Waals surface area contributed by atoms with Crippen molar-refractivity contribution in [3.8, 4) is 22.4 Å². The normalized spacial score (nSPS) is 14.1. The summed E-state index contributed by atoms with van der Waals surface area (Å²) in [6.07, 6.45) is -1.27. The van der Waals surface area contributed by atoms with E-state index in [1.807, 2.05) is 35.2 Å². The smallest absolute Gasteiger partial charge is 0.417 e. The molecule has 2 aromatic carbocycles. The van der Waals surface area contributed by atoms with Crippen molar-refractivity contribution in [3.63, 3.8) is 0 Å². The van der Waals surface area contributed by atoms with E-state index in [-0.39, 0.29) is 11.1 Å². The van der Waals surface area contributed by atoms with Crippen LogP contribution in [0.4, 0.5) is 13.2 Å². The lowest BCUT2D eigenvalue weighted by molar-refractivity contribution is -0.697. The van der Waals surface area contributed by atoms with Gasteiger partial charge in [0.05, 0.1) is 17.2 Å². The van der Waals surface area contributed by atoms with E-state index in [2.05, 4.69) is 10.2 Å². The number of halogens is 3. The van der Waals surface area contributed by atoms with Crippen LogP contribution in [0.5, 0.6) is 5.75 Å². The van der Waals surface area contributed by atoms with Crippen LogP contribution in [0.2, 0.25) is 0 Å². The van der Waals surface area contributed by atoms with Crippen LogP contribution in [0, 0.1) is 11.3 Å². The minimum absolute atomic E-state index is 0.139. The number of pyridine rings is 1. The van der Waals surface area contributed by atoms with Crippen LogP contribution in [-0.2, 0) is 27.3 Å². The molecule has 0 bridgehead atoms. The first-order valence-corrected chi connectivity index (χ1v) is 15.4. The highest BCUT2D eigenvalue weighted by Crippen LogP contribution is 2.48. The Kier molecular flexibility index (Phi) is 8.88. The second-order valence-electron chi connectivity index (χ2n) is 8.36. The third-order valence-electron chi connectivity index (χ3n) is 5.51. The lowest BCUT2D eigenvalue weighted by Gasteiger charge is -2.28. The molecule has 0 spiro atoms. The van der Waals surface area contributed by atoms with Gasteiger partial charge >= 0.3 is 6.18 Å². The first kappa shape index (κ1) is 30.3. The number of nitriles is 1. The fraction of sp³-hybridized carbons (Fsp3) is 0.167. The summed E-state index contributed by atoms with van der Waals surface area (Å²) in [6.45, 7) is 0.999. The van der Waals surface area contributed by atoms with Crippen LogP contribution in [0.1, 0.15) is 22.5 Å². The van der Waals surface area contributed by atoms with E-state index < -0.39 is 50.6 Å². The number of nitrogens with one attached hydrogen (secondary N) is 1. The van der Waals surface area contributed by atoms with Crippen molar-refractivity contribution in [3.05, 3.63) is 89.7 Å². The van der Waals surface area contributed by atoms with Crippen LogP contribution < -0.4 is 18.9 Å². The number of sulfonamides is 1. The maximum absolute atomic E-state index is 13.4. The highest BCUT2D eigenvalue weighted by Gasteiger charge is 2.37. The average molecular weight is 626 g/mol. The molecule has 0 fully saturated rings. The number of rotatable bonds is 10. The lowest BCUT2D eigenvalue weighted by atomic mass is 10.0. The minimum Gasteiger partial charge on any atom is -0.777 e. The molecule has 0 amide bonds. The molecule has 0 radical (unpaired) electrons. The summed E-state index contributed by atoms with van der Waals surface area (Å²) < 4.78 is 86.6. The standard InChI is InChI=1S/C24H19F3N5O6PS2/c25-24(26,27)20-14-17(4-5-18(20)15-28)21(39(33,34)35)31-41(36,37)23-30-29-22(40-23)16-6-8-19(9-7-16)38-13-12-32-10-2-1-3-11-32/h1-11,14,21,31H,12-13H2,(H-,33,34,35). The molecule has 2 heterocycles. The predicted octanol–water partition coefficient (Wildman–Crippen LogP) is 2.98. The number of aromatic nitrogens is 3. The van der Waals surface area contributed by atoms with E-state index in [0.29, 0.717) is 41.9 Å². The molecule has 2 unspecified atom stereocenters. The second kappa shape index (κ2) is 12.0. The largest absolute Gasteiger partial charge is 0.777 e. The maximum Gasteiger partial charge on any atom is 0.417 e. The summed E-state index contributed by atoms with van der Waals surface area (Å²) in [5.41, 5.74) is -2.61. The van der Waals surface area contributed by atoms with Gasteiger partial charge < -0.3 is 19.1 Å². The van der Waals surface area contributed by atoms with Gasteiger partial charge in [-0.05, 0) is 42.0 Å². The van der Waals surface area contributed by atoms with E-state index in [1.54, 1.807) is 29.0 Å². The van der Waals surface area contributed by atoms with E-state index in [0.717, 1.165) is 6.07 Å². The Morgan fingerprint density at radius 3 is 2.44 bits per heavy atom. The van der Waals surface area contributed by atoms with Crippen molar-refractivity contribution in [2.45, 2.75) is 22.8 Å². The minimum atomic E-state index is -5.65. The van der Waals surface area contributed by atoms with Gasteiger partial charge in [-0.15, -0.1) is 10.2 Å². The van der Waals surface area contributed by atoms with Crippen molar-refractivity contribution in [2.75, 3.05) is 6.61 Å². The topological polar surface area (TPSA) is 169 Å². The van der Waals surface area contributed by atoms with Crippen LogP contribution in [0.25, 0.3) is 10.6 Å². The molecular formula is C24H19F3N5O6PS2. The van der Waals surface area contributed by atoms with Gasteiger partial charge in [0.1, 0.15) is 23.1 Å². The number of hydrogen-bond donors (Lipinski definition) is 2. The first-order chi connectivity index (χ1) is 19.3. The van der Waals surface area contributed by atoms with Crippen LogP contribution in [-0.4, -0.2) is 30.1 Å². The van der Waals surface area contributed by atoms with E-state index >= 15 is 0 Å². The summed E-state index contributed by atoms with van der Waals surface area (Å²) in [4.78, 5) is 21.7. The van der Waals surface area contributed by atoms with E-state index in [9.17, 15) is 35.9 Å². The number of alkyl halides is 3. The molecule has 2 N–H and O–H groups in total. The predicted molar refractivity (Wildman–Crippen MR) is 137 cm³/mol. The summed E-state index contributed by atoms with van der Waals surface area (Å²) in [7, 11) is -10.4. The Labute approximate surface area is 235 Å². The molecule has 4 aromatic rings. The molecule has 17 heteroatoms. The molecule has 2 aromatic heterocycles. The monoisotopic (exact) mass is 625 g/mol. The van der Waals surface area contributed by atoms with Gasteiger partial charge in [-0.3, -0.25) is 0 Å². The fourth-order valence-electron chi connectivity index (χ4n) is 3.57. The highest BCUT2D eigenvalue weighted by atomic mass is 32.2. The van der Waals surface area contributed by atoms with Gasteiger partial charge in [0.2, 0.25) is 4.34 Å². The van der Waals surface area contributed by atoms with Gasteiger partial charge in [-0.1, -0.05) is 23.5 Å². The van der Waals surface area contributed by atoms with Crippen molar-refractivity contribution in [1.29, 1.82) is 5.26 Å². The van der Waals surface area contributed by atoms with Gasteiger partial charge in [0.25, 0.3) is 10.0 Å². The van der Waals surface area contributed by atoms with Crippen molar-refractivity contribution in [2.24, 2.45) is 0 Å². The van der Waals surface area contributed by atoms with Crippen molar-refractivity contribution >= 4 is 29.0 Å². The third kappa shape index (κ3) is 7.53.